The summed E-state index contributed by atoms with van der Waals surface area (Å²) in [6.07, 6.45) is 2.64. The number of amides is 2. The second-order valence-electron chi connectivity index (χ2n) is 12.1. The fraction of sp³-hybridized carbons (Fsp3) is 0.316. The summed E-state index contributed by atoms with van der Waals surface area (Å²) in [7, 11) is 0. The average Bonchev–Trinajstić information content (AvgIpc) is 3.08. The number of ether oxygens (including phenoxy) is 2. The highest BCUT2D eigenvalue weighted by atomic mass is 16.5. The van der Waals surface area contributed by atoms with E-state index in [1.54, 1.807) is 0 Å². The molecule has 0 radical (unpaired) electrons. The number of hydrogen-bond donors (Lipinski definition) is 0. The highest BCUT2D eigenvalue weighted by Crippen LogP contribution is 2.48. The minimum atomic E-state index is -0.556. The zero-order valence-corrected chi connectivity index (χ0v) is 24.8. The predicted octanol–water partition coefficient (Wildman–Crippen LogP) is 6.64. The van der Waals surface area contributed by atoms with E-state index in [1.807, 2.05) is 107 Å². The Bertz CT molecular complexity index is 1430. The first-order chi connectivity index (χ1) is 21.7. The molecule has 6 heteroatoms. The number of hydrogen-bond acceptors (Lipinski definition) is 4. The molecule has 6 nitrogen and oxygen atoms in total. The summed E-state index contributed by atoms with van der Waals surface area (Å²) in [5.74, 6) is 0.0144. The summed E-state index contributed by atoms with van der Waals surface area (Å²) in [4.78, 5) is 32.0. The van der Waals surface area contributed by atoms with E-state index in [4.69, 9.17) is 9.47 Å². The Balaban J connectivity index is 1.16. The lowest BCUT2D eigenvalue weighted by Crippen LogP contribution is -2.72. The number of rotatable bonds is 10. The van der Waals surface area contributed by atoms with E-state index >= 15 is 0 Å². The summed E-state index contributed by atoms with van der Waals surface area (Å²) in [5.41, 5.74) is 4.21. The second kappa shape index (κ2) is 12.8. The molecule has 3 aliphatic rings. The second-order valence-corrected chi connectivity index (χ2v) is 12.1. The summed E-state index contributed by atoms with van der Waals surface area (Å²) >= 11 is 0. The Morgan fingerprint density at radius 3 is 1.20 bits per heavy atom. The minimum Gasteiger partial charge on any atom is -0.361 e. The van der Waals surface area contributed by atoms with Gasteiger partial charge in [0, 0.05) is 0 Å². The van der Waals surface area contributed by atoms with Gasteiger partial charge in [-0.3, -0.25) is 9.59 Å². The Labute approximate surface area is 259 Å². The van der Waals surface area contributed by atoms with Gasteiger partial charge in [0.1, 0.15) is 0 Å². The Kier molecular flexibility index (Phi) is 8.27. The largest absolute Gasteiger partial charge is 0.361 e. The number of carbonyl (C=O) groups excluding carboxylic acids is 2. The molecule has 44 heavy (non-hydrogen) atoms. The van der Waals surface area contributed by atoms with Crippen LogP contribution in [0, 0.1) is 0 Å². The summed E-state index contributed by atoms with van der Waals surface area (Å²) in [5, 5.41) is 0. The number of nitrogens with zero attached hydrogens (tertiary/aromatic N) is 2. The fourth-order valence-electron chi connectivity index (χ4n) is 7.26. The molecule has 2 unspecified atom stereocenters. The van der Waals surface area contributed by atoms with E-state index < -0.39 is 12.2 Å². The van der Waals surface area contributed by atoms with Gasteiger partial charge in [0.05, 0.1) is 37.4 Å². The lowest BCUT2D eigenvalue weighted by molar-refractivity contribution is -0.201. The van der Waals surface area contributed by atoms with Crippen LogP contribution < -0.4 is 0 Å². The van der Waals surface area contributed by atoms with Crippen molar-refractivity contribution in [3.63, 3.8) is 0 Å². The van der Waals surface area contributed by atoms with Gasteiger partial charge in [-0.15, -0.1) is 0 Å². The third-order valence-electron chi connectivity index (χ3n) is 9.40. The van der Waals surface area contributed by atoms with Crippen LogP contribution in [-0.4, -0.2) is 45.9 Å². The molecule has 4 aromatic rings. The Morgan fingerprint density at radius 2 is 0.841 bits per heavy atom. The van der Waals surface area contributed by atoms with Crippen LogP contribution in [0.2, 0.25) is 0 Å². The van der Waals surface area contributed by atoms with Crippen molar-refractivity contribution in [2.75, 3.05) is 0 Å². The van der Waals surface area contributed by atoms with Crippen LogP contribution in [0.4, 0.5) is 0 Å². The van der Waals surface area contributed by atoms with Crippen molar-refractivity contribution in [1.82, 2.24) is 9.80 Å². The molecule has 3 fully saturated rings. The van der Waals surface area contributed by atoms with Crippen LogP contribution in [0.5, 0.6) is 0 Å². The van der Waals surface area contributed by atoms with Gasteiger partial charge in [0.25, 0.3) is 11.8 Å². The van der Waals surface area contributed by atoms with Crippen molar-refractivity contribution in [3.05, 3.63) is 144 Å². The highest BCUT2D eigenvalue weighted by Gasteiger charge is 2.59. The molecular formula is C38H38N2O4. The first-order valence-electron chi connectivity index (χ1n) is 15.8. The third kappa shape index (κ3) is 5.44. The molecule has 6 atom stereocenters. The molecule has 2 amide bonds. The summed E-state index contributed by atoms with van der Waals surface area (Å²) in [6, 6.07) is 39.8. The van der Waals surface area contributed by atoms with E-state index in [2.05, 4.69) is 24.3 Å². The quantitative estimate of drug-likeness (QED) is 0.196. The molecule has 1 aliphatic carbocycles. The van der Waals surface area contributed by atoms with Crippen molar-refractivity contribution in [3.8, 4) is 0 Å². The zero-order valence-electron chi connectivity index (χ0n) is 24.8. The molecule has 0 bridgehead atoms. The summed E-state index contributed by atoms with van der Waals surface area (Å²) in [6.45, 7) is 0.757. The predicted molar refractivity (Wildman–Crippen MR) is 168 cm³/mol. The molecule has 4 aromatic carbocycles. The standard InChI is InChI=1S/C38H38N2O4/c41-37-35(43-25-27-15-5-1-6-16-27)33(29-19-9-3-10-20-29)39(37)31-23-13-14-24-32(31)40-34(30-21-11-4-12-22-30)36(38(40)42)44-26-28-17-7-2-8-18-28/h1-12,15-22,31-36H,13-14,23-26H2/t31?,32?,33-,34+,35+,36-. The number of carbonyl (C=O) groups is 2. The molecule has 0 N–H and O–H groups in total. The van der Waals surface area contributed by atoms with Crippen LogP contribution in [0.25, 0.3) is 0 Å². The van der Waals surface area contributed by atoms with E-state index in [0.717, 1.165) is 47.9 Å². The van der Waals surface area contributed by atoms with Crippen molar-refractivity contribution >= 4 is 11.8 Å². The van der Waals surface area contributed by atoms with Crippen LogP contribution >= 0.6 is 0 Å². The van der Waals surface area contributed by atoms with Gasteiger partial charge in [-0.2, -0.15) is 0 Å². The van der Waals surface area contributed by atoms with Gasteiger partial charge in [-0.25, -0.2) is 0 Å². The molecule has 0 aromatic heterocycles. The average molecular weight is 587 g/mol. The third-order valence-corrected chi connectivity index (χ3v) is 9.40. The van der Waals surface area contributed by atoms with E-state index in [1.165, 1.54) is 0 Å². The van der Waals surface area contributed by atoms with Crippen molar-refractivity contribution in [2.45, 2.75) is 75.3 Å². The van der Waals surface area contributed by atoms with Crippen molar-refractivity contribution in [1.29, 1.82) is 0 Å². The topological polar surface area (TPSA) is 59.1 Å². The first-order valence-corrected chi connectivity index (χ1v) is 15.8. The molecule has 224 valence electrons. The molecule has 2 aliphatic heterocycles. The lowest BCUT2D eigenvalue weighted by atomic mass is 9.78. The minimum absolute atomic E-state index is 0.00722. The highest BCUT2D eigenvalue weighted by molar-refractivity contribution is 5.91. The smallest absolute Gasteiger partial charge is 0.255 e. The van der Waals surface area contributed by atoms with Crippen LogP contribution in [-0.2, 0) is 32.3 Å². The van der Waals surface area contributed by atoms with Gasteiger partial charge >= 0.3 is 0 Å². The van der Waals surface area contributed by atoms with Gasteiger partial charge in [-0.1, -0.05) is 134 Å². The van der Waals surface area contributed by atoms with Crippen LogP contribution in [0.1, 0.15) is 60.0 Å². The summed E-state index contributed by atoms with van der Waals surface area (Å²) < 4.78 is 12.6. The molecule has 2 heterocycles. The van der Waals surface area contributed by atoms with Gasteiger partial charge in [0.2, 0.25) is 0 Å². The molecule has 2 saturated heterocycles. The number of benzene rings is 4. The first kappa shape index (κ1) is 28.5. The van der Waals surface area contributed by atoms with E-state index in [0.29, 0.717) is 13.2 Å². The lowest BCUT2D eigenvalue weighted by Gasteiger charge is -2.59. The van der Waals surface area contributed by atoms with Crippen molar-refractivity contribution in [2.24, 2.45) is 0 Å². The van der Waals surface area contributed by atoms with E-state index in [-0.39, 0.29) is 36.0 Å². The Hall–Kier alpha value is -4.26. The molecule has 7 rings (SSSR count). The maximum atomic E-state index is 14.0. The Morgan fingerprint density at radius 1 is 0.500 bits per heavy atom. The van der Waals surface area contributed by atoms with Crippen molar-refractivity contribution < 1.29 is 19.1 Å². The maximum Gasteiger partial charge on any atom is 0.255 e. The van der Waals surface area contributed by atoms with Gasteiger partial charge in [0.15, 0.2) is 12.2 Å². The molecule has 1 saturated carbocycles. The monoisotopic (exact) mass is 586 g/mol. The van der Waals surface area contributed by atoms with Crippen LogP contribution in [0.15, 0.2) is 121 Å². The van der Waals surface area contributed by atoms with Gasteiger partial charge in [-0.05, 0) is 35.1 Å². The SMILES string of the molecule is O=C1[C@@H](OCc2ccccc2)[C@@H](c2ccccc2)N1C1CCCCC1N1C(=O)[C@H](OCc2ccccc2)[C@@H]1c1ccccc1. The zero-order chi connectivity index (χ0) is 29.9. The number of likely N-dealkylation sites (tertiary alicyclic amines) is 2. The van der Waals surface area contributed by atoms with Crippen LogP contribution in [0.3, 0.4) is 0 Å². The fourth-order valence-corrected chi connectivity index (χ4v) is 7.26. The molecular weight excluding hydrogens is 548 g/mol. The van der Waals surface area contributed by atoms with E-state index in [9.17, 15) is 9.59 Å². The van der Waals surface area contributed by atoms with Gasteiger partial charge < -0.3 is 19.3 Å². The molecule has 0 spiro atoms. The maximum absolute atomic E-state index is 14.0. The normalized spacial score (nSPS) is 26.6. The number of β-lactam (4-membered cyclic amide) rings is 2.